The Morgan fingerprint density at radius 3 is 2.68 bits per heavy atom. The van der Waals surface area contributed by atoms with E-state index in [0.29, 0.717) is 23.7 Å². The lowest BCUT2D eigenvalue weighted by Gasteiger charge is -2.22. The normalized spacial score (nSPS) is 40.0. The summed E-state index contributed by atoms with van der Waals surface area (Å²) in [5, 5.41) is 2.59. The minimum absolute atomic E-state index is 0.0728. The first-order valence-corrected chi connectivity index (χ1v) is 7.22. The van der Waals surface area contributed by atoms with Gasteiger partial charge >= 0.3 is 5.97 Å². The number of nitrogens with one attached hydrogen (secondary N) is 1. The molecule has 0 aliphatic heterocycles. The minimum Gasteiger partial charge on any atom is -0.460 e. The summed E-state index contributed by atoms with van der Waals surface area (Å²) in [5.74, 6) is 1.85. The molecule has 0 spiro atoms. The van der Waals surface area contributed by atoms with Gasteiger partial charge in [-0.2, -0.15) is 0 Å². The molecule has 0 radical (unpaired) electrons. The molecule has 3 aliphatic carbocycles. The zero-order valence-electron chi connectivity index (χ0n) is 11.5. The Bertz CT molecular complexity index is 431. The summed E-state index contributed by atoms with van der Waals surface area (Å²) < 4.78 is 5.71. The van der Waals surface area contributed by atoms with E-state index in [4.69, 9.17) is 4.74 Å². The molecule has 0 heterocycles. The zero-order chi connectivity index (χ0) is 13.6. The minimum atomic E-state index is -0.548. The Kier molecular flexibility index (Phi) is 3.11. The molecule has 104 valence electrons. The molecule has 2 saturated carbocycles. The summed E-state index contributed by atoms with van der Waals surface area (Å²) in [7, 11) is 0. The van der Waals surface area contributed by atoms with Crippen molar-refractivity contribution in [3.05, 3.63) is 12.2 Å². The Morgan fingerprint density at radius 1 is 1.26 bits per heavy atom. The third kappa shape index (κ3) is 2.07. The number of carbonyl (C=O) groups excluding carboxylic acids is 2. The van der Waals surface area contributed by atoms with Crippen LogP contribution in [-0.2, 0) is 14.3 Å². The van der Waals surface area contributed by atoms with Gasteiger partial charge < -0.3 is 10.1 Å². The molecule has 4 nitrogen and oxygen atoms in total. The molecule has 19 heavy (non-hydrogen) atoms. The van der Waals surface area contributed by atoms with E-state index in [2.05, 4.69) is 17.5 Å². The van der Waals surface area contributed by atoms with Crippen molar-refractivity contribution in [1.82, 2.24) is 5.32 Å². The van der Waals surface area contributed by atoms with Crippen LogP contribution in [0.3, 0.4) is 0 Å². The van der Waals surface area contributed by atoms with Crippen LogP contribution in [0, 0.1) is 23.7 Å². The van der Waals surface area contributed by atoms with Gasteiger partial charge in [0, 0.05) is 12.8 Å². The molecule has 0 saturated heterocycles. The molecule has 2 bridgehead atoms. The molecule has 3 rings (SSSR count). The smallest absolute Gasteiger partial charge is 0.328 e. The molecule has 0 aromatic carbocycles. The molecule has 1 amide bonds. The fraction of sp³-hybridized carbons (Fsp3) is 0.733. The second-order valence-corrected chi connectivity index (χ2v) is 6.13. The molecule has 3 aliphatic rings. The van der Waals surface area contributed by atoms with Crippen molar-refractivity contribution in [1.29, 1.82) is 0 Å². The van der Waals surface area contributed by atoms with Crippen LogP contribution >= 0.6 is 0 Å². The number of carbonyl (C=O) groups is 2. The van der Waals surface area contributed by atoms with E-state index in [9.17, 15) is 9.59 Å². The Morgan fingerprint density at radius 2 is 2.00 bits per heavy atom. The number of rotatable bonds is 3. The predicted molar refractivity (Wildman–Crippen MR) is 70.1 cm³/mol. The van der Waals surface area contributed by atoms with Gasteiger partial charge in [-0.1, -0.05) is 12.2 Å². The third-order valence-corrected chi connectivity index (χ3v) is 5.01. The van der Waals surface area contributed by atoms with Gasteiger partial charge in [-0.3, -0.25) is 4.79 Å². The average molecular weight is 263 g/mol. The van der Waals surface area contributed by atoms with Gasteiger partial charge in [0.25, 0.3) is 0 Å². The molecule has 4 heteroatoms. The topological polar surface area (TPSA) is 55.4 Å². The number of esters is 1. The van der Waals surface area contributed by atoms with Crippen molar-refractivity contribution in [3.8, 4) is 0 Å². The maximum absolute atomic E-state index is 12.0. The summed E-state index contributed by atoms with van der Waals surface area (Å²) in [6.45, 7) is 3.10. The fourth-order valence-corrected chi connectivity index (χ4v) is 4.29. The first-order valence-electron chi connectivity index (χ1n) is 7.22. The van der Waals surface area contributed by atoms with Crippen LogP contribution in [0.4, 0.5) is 0 Å². The number of amides is 1. The summed E-state index contributed by atoms with van der Waals surface area (Å²) in [5.41, 5.74) is 0. The SMILES string of the molecule is CC(=O)NC(C)C(=O)OC1C2CCC1C1CC=CC12. The average Bonchev–Trinajstić information content (AvgIpc) is 2.99. The van der Waals surface area contributed by atoms with Crippen LogP contribution in [0.15, 0.2) is 12.2 Å². The lowest BCUT2D eigenvalue weighted by atomic mass is 9.82. The quantitative estimate of drug-likeness (QED) is 0.622. The van der Waals surface area contributed by atoms with E-state index in [1.165, 1.54) is 19.8 Å². The monoisotopic (exact) mass is 263 g/mol. The van der Waals surface area contributed by atoms with Gasteiger partial charge in [-0.25, -0.2) is 4.79 Å². The van der Waals surface area contributed by atoms with Gasteiger partial charge in [-0.15, -0.1) is 0 Å². The van der Waals surface area contributed by atoms with Gasteiger partial charge in [0.2, 0.25) is 5.91 Å². The highest BCUT2D eigenvalue weighted by Gasteiger charge is 2.56. The lowest BCUT2D eigenvalue weighted by molar-refractivity contribution is -0.155. The van der Waals surface area contributed by atoms with Crippen molar-refractivity contribution in [2.24, 2.45) is 23.7 Å². The lowest BCUT2D eigenvalue weighted by Crippen LogP contribution is -2.40. The van der Waals surface area contributed by atoms with Crippen molar-refractivity contribution in [3.63, 3.8) is 0 Å². The largest absolute Gasteiger partial charge is 0.460 e. The molecule has 0 aromatic rings. The van der Waals surface area contributed by atoms with Crippen molar-refractivity contribution < 1.29 is 14.3 Å². The third-order valence-electron chi connectivity index (χ3n) is 5.01. The molecular weight excluding hydrogens is 242 g/mol. The number of hydrogen-bond acceptors (Lipinski definition) is 3. The maximum Gasteiger partial charge on any atom is 0.328 e. The highest BCUT2D eigenvalue weighted by molar-refractivity contribution is 5.82. The molecular formula is C15H21NO3. The summed E-state index contributed by atoms with van der Waals surface area (Å²) >= 11 is 0. The van der Waals surface area contributed by atoms with Crippen LogP contribution in [0.5, 0.6) is 0 Å². The molecule has 6 atom stereocenters. The first-order chi connectivity index (χ1) is 9.08. The standard InChI is InChI=1S/C15H21NO3/c1-8(16-9(2)17)15(18)19-14-12-6-7-13(14)11-5-3-4-10(11)12/h3-4,8,10-14H,5-7H2,1-2H3,(H,16,17). The number of fused-ring (bicyclic) bond motifs is 5. The molecule has 1 N–H and O–H groups in total. The van der Waals surface area contributed by atoms with Gasteiger partial charge in [0.05, 0.1) is 0 Å². The Balaban J connectivity index is 1.63. The van der Waals surface area contributed by atoms with Crippen LogP contribution in [0.25, 0.3) is 0 Å². The van der Waals surface area contributed by atoms with Crippen molar-refractivity contribution in [2.75, 3.05) is 0 Å². The first kappa shape index (κ1) is 12.7. The zero-order valence-corrected chi connectivity index (χ0v) is 11.5. The van der Waals surface area contributed by atoms with Crippen LogP contribution in [0.2, 0.25) is 0 Å². The Hall–Kier alpha value is -1.32. The predicted octanol–water partition coefficient (Wildman–Crippen LogP) is 1.65. The highest BCUT2D eigenvalue weighted by atomic mass is 16.5. The summed E-state index contributed by atoms with van der Waals surface area (Å²) in [6, 6.07) is -0.548. The number of allylic oxidation sites excluding steroid dienone is 2. The van der Waals surface area contributed by atoms with Crippen molar-refractivity contribution >= 4 is 11.9 Å². The van der Waals surface area contributed by atoms with Crippen molar-refractivity contribution in [2.45, 2.75) is 45.3 Å². The second-order valence-electron chi connectivity index (χ2n) is 6.13. The van der Waals surface area contributed by atoms with Crippen LogP contribution in [0.1, 0.15) is 33.1 Å². The van der Waals surface area contributed by atoms with Gasteiger partial charge in [0.1, 0.15) is 12.1 Å². The van der Waals surface area contributed by atoms with E-state index in [-0.39, 0.29) is 18.0 Å². The summed E-state index contributed by atoms with van der Waals surface area (Å²) in [6.07, 6.45) is 8.15. The van der Waals surface area contributed by atoms with E-state index in [1.807, 2.05) is 0 Å². The van der Waals surface area contributed by atoms with E-state index in [1.54, 1.807) is 6.92 Å². The second kappa shape index (κ2) is 4.66. The van der Waals surface area contributed by atoms with Gasteiger partial charge in [0.15, 0.2) is 0 Å². The van der Waals surface area contributed by atoms with E-state index >= 15 is 0 Å². The van der Waals surface area contributed by atoms with Crippen LogP contribution in [-0.4, -0.2) is 24.0 Å². The Labute approximate surface area is 113 Å². The molecule has 0 aromatic heterocycles. The highest BCUT2D eigenvalue weighted by Crippen LogP contribution is 2.57. The van der Waals surface area contributed by atoms with E-state index < -0.39 is 6.04 Å². The maximum atomic E-state index is 12.0. The number of hydrogen-bond donors (Lipinski definition) is 1. The van der Waals surface area contributed by atoms with Gasteiger partial charge in [-0.05, 0) is 43.9 Å². The number of ether oxygens (including phenoxy) is 1. The molecule has 6 unspecified atom stereocenters. The van der Waals surface area contributed by atoms with E-state index in [0.717, 1.165) is 6.42 Å². The molecule has 2 fully saturated rings. The fourth-order valence-electron chi connectivity index (χ4n) is 4.29. The summed E-state index contributed by atoms with van der Waals surface area (Å²) in [4.78, 5) is 23.0. The van der Waals surface area contributed by atoms with Crippen LogP contribution < -0.4 is 5.32 Å².